The van der Waals surface area contributed by atoms with Crippen LogP contribution in [0.1, 0.15) is 0 Å². The van der Waals surface area contributed by atoms with Crippen LogP contribution in [-0.4, -0.2) is 35.2 Å². The van der Waals surface area contributed by atoms with E-state index in [1.807, 2.05) is 0 Å². The van der Waals surface area contributed by atoms with Crippen LogP contribution in [0.15, 0.2) is 40.9 Å². The Hall–Kier alpha value is -1.50. The molecule has 2 fully saturated rings. The number of aliphatic hydroxyl groups excluding tert-OH is 1. The van der Waals surface area contributed by atoms with Crippen molar-refractivity contribution < 1.29 is 19.4 Å². The summed E-state index contributed by atoms with van der Waals surface area (Å²) in [6.45, 7) is -0.297. The number of imide groups is 1. The number of rotatable bonds is 2. The Kier molecular flexibility index (Phi) is 2.67. The fourth-order valence-corrected chi connectivity index (χ4v) is 3.79. The zero-order valence-electron chi connectivity index (χ0n) is 10.9. The minimum Gasteiger partial charge on any atom is -0.393 e. The molecule has 4 rings (SSSR count). The quantitative estimate of drug-likeness (QED) is 0.644. The number of carbonyl (C=O) groups is 2. The minimum atomic E-state index is -1.04. The molecule has 0 aromatic heterocycles. The van der Waals surface area contributed by atoms with Gasteiger partial charge in [0.15, 0.2) is 0 Å². The second-order valence-corrected chi connectivity index (χ2v) is 6.46. The lowest BCUT2D eigenvalue weighted by atomic mass is 9.77. The van der Waals surface area contributed by atoms with Crippen LogP contribution in [0, 0.1) is 11.8 Å². The molecule has 2 saturated heterocycles. The molecule has 1 aromatic carbocycles. The number of aliphatic hydroxyl groups is 1. The van der Waals surface area contributed by atoms with Gasteiger partial charge in [-0.3, -0.25) is 9.59 Å². The number of carbonyl (C=O) groups excluding carboxylic acids is 2. The lowest BCUT2D eigenvalue weighted by Crippen LogP contribution is -2.43. The molecule has 1 N–H and O–H groups in total. The molecule has 0 unspecified atom stereocenters. The van der Waals surface area contributed by atoms with Gasteiger partial charge in [0.05, 0.1) is 30.2 Å². The molecule has 3 aliphatic heterocycles. The van der Waals surface area contributed by atoms with Crippen molar-refractivity contribution in [3.05, 3.63) is 40.9 Å². The maximum atomic E-state index is 12.7. The van der Waals surface area contributed by atoms with E-state index in [1.54, 1.807) is 36.4 Å². The summed E-state index contributed by atoms with van der Waals surface area (Å²) in [7, 11) is 0. The van der Waals surface area contributed by atoms with Crippen molar-refractivity contribution >= 4 is 33.4 Å². The summed E-state index contributed by atoms with van der Waals surface area (Å²) in [5, 5.41) is 9.62. The molecule has 108 valence electrons. The number of hydrogen-bond donors (Lipinski definition) is 1. The molecule has 3 aliphatic rings. The lowest BCUT2D eigenvalue weighted by molar-refractivity contribution is -0.128. The van der Waals surface area contributed by atoms with Gasteiger partial charge in [-0.15, -0.1) is 0 Å². The van der Waals surface area contributed by atoms with Crippen LogP contribution < -0.4 is 4.90 Å². The number of nitrogens with zero attached hydrogens (tertiary/aromatic N) is 1. The van der Waals surface area contributed by atoms with Gasteiger partial charge in [-0.05, 0) is 24.3 Å². The van der Waals surface area contributed by atoms with Crippen molar-refractivity contribution in [1.29, 1.82) is 0 Å². The highest BCUT2D eigenvalue weighted by molar-refractivity contribution is 9.10. The van der Waals surface area contributed by atoms with Crippen molar-refractivity contribution in [2.24, 2.45) is 11.8 Å². The van der Waals surface area contributed by atoms with Gasteiger partial charge in [0.2, 0.25) is 11.8 Å². The van der Waals surface area contributed by atoms with Crippen molar-refractivity contribution in [2.75, 3.05) is 11.5 Å². The molecule has 4 atom stereocenters. The predicted molar refractivity (Wildman–Crippen MR) is 77.4 cm³/mol. The minimum absolute atomic E-state index is 0.253. The molecular weight excluding hydrogens is 338 g/mol. The Labute approximate surface area is 129 Å². The largest absolute Gasteiger partial charge is 0.393 e. The van der Waals surface area contributed by atoms with E-state index in [4.69, 9.17) is 4.74 Å². The third-order valence-corrected chi connectivity index (χ3v) is 5.02. The summed E-state index contributed by atoms with van der Waals surface area (Å²) in [5.41, 5.74) is -0.485. The molecule has 2 amide bonds. The van der Waals surface area contributed by atoms with E-state index >= 15 is 0 Å². The Morgan fingerprint density at radius 3 is 2.62 bits per heavy atom. The molecule has 0 radical (unpaired) electrons. The fraction of sp³-hybridized carbons (Fsp3) is 0.333. The highest BCUT2D eigenvalue weighted by atomic mass is 79.9. The predicted octanol–water partition coefficient (Wildman–Crippen LogP) is 1.25. The number of anilines is 1. The summed E-state index contributed by atoms with van der Waals surface area (Å²) in [6, 6.07) is 7.02. The van der Waals surface area contributed by atoms with Crippen molar-refractivity contribution in [3.63, 3.8) is 0 Å². The van der Waals surface area contributed by atoms with Crippen molar-refractivity contribution in [3.8, 4) is 0 Å². The van der Waals surface area contributed by atoms with Gasteiger partial charge in [0.1, 0.15) is 5.60 Å². The van der Waals surface area contributed by atoms with Gasteiger partial charge in [0.25, 0.3) is 0 Å². The van der Waals surface area contributed by atoms with E-state index in [0.717, 1.165) is 4.47 Å². The number of amides is 2. The molecule has 6 heteroatoms. The van der Waals surface area contributed by atoms with E-state index in [1.165, 1.54) is 4.90 Å². The van der Waals surface area contributed by atoms with Crippen LogP contribution in [0.3, 0.4) is 0 Å². The van der Waals surface area contributed by atoms with Gasteiger partial charge >= 0.3 is 0 Å². The molecule has 2 bridgehead atoms. The molecule has 5 nitrogen and oxygen atoms in total. The van der Waals surface area contributed by atoms with E-state index in [2.05, 4.69) is 15.9 Å². The van der Waals surface area contributed by atoms with Gasteiger partial charge in [0, 0.05) is 4.47 Å². The van der Waals surface area contributed by atoms with Gasteiger partial charge in [-0.2, -0.15) is 0 Å². The number of halogens is 1. The molecule has 21 heavy (non-hydrogen) atoms. The number of hydrogen-bond acceptors (Lipinski definition) is 4. The van der Waals surface area contributed by atoms with Crippen LogP contribution >= 0.6 is 15.9 Å². The van der Waals surface area contributed by atoms with Crippen molar-refractivity contribution in [1.82, 2.24) is 0 Å². The third kappa shape index (κ3) is 1.58. The van der Waals surface area contributed by atoms with E-state index in [0.29, 0.717) is 5.69 Å². The van der Waals surface area contributed by atoms with Crippen LogP contribution in [0.2, 0.25) is 0 Å². The summed E-state index contributed by atoms with van der Waals surface area (Å²) < 4.78 is 6.56. The van der Waals surface area contributed by atoms with Crippen molar-refractivity contribution in [2.45, 2.75) is 11.7 Å². The standard InChI is InChI=1S/C15H12BrNO4/c16-8-1-3-9(4-2-8)17-13(19)11-10-5-6-15(7-18,21-10)12(11)14(17)20/h1-6,10-12,18H,7H2/t10-,11-,12+,15+/m0/s1. The van der Waals surface area contributed by atoms with Crippen LogP contribution in [0.25, 0.3) is 0 Å². The van der Waals surface area contributed by atoms with Crippen LogP contribution in [-0.2, 0) is 14.3 Å². The van der Waals surface area contributed by atoms with Crippen LogP contribution in [0.5, 0.6) is 0 Å². The first-order valence-electron chi connectivity index (χ1n) is 6.69. The third-order valence-electron chi connectivity index (χ3n) is 4.49. The SMILES string of the molecule is O=C1[C@H]2[C@@H]3C=C[C@](CO)(O3)[C@H]2C(=O)N1c1ccc(Br)cc1. The monoisotopic (exact) mass is 349 g/mol. The molecule has 0 saturated carbocycles. The first kappa shape index (κ1) is 13.2. The first-order chi connectivity index (χ1) is 10.1. The maximum absolute atomic E-state index is 12.7. The highest BCUT2D eigenvalue weighted by Crippen LogP contribution is 2.52. The second kappa shape index (κ2) is 4.25. The normalized spacial score (nSPS) is 36.7. The highest BCUT2D eigenvalue weighted by Gasteiger charge is 2.67. The number of benzene rings is 1. The number of ether oxygens (including phenoxy) is 1. The molecule has 0 aliphatic carbocycles. The Morgan fingerprint density at radius 2 is 1.95 bits per heavy atom. The summed E-state index contributed by atoms with van der Waals surface area (Å²) in [6.07, 6.45) is 3.07. The van der Waals surface area contributed by atoms with Crippen LogP contribution in [0.4, 0.5) is 5.69 Å². The fourth-order valence-electron chi connectivity index (χ4n) is 3.53. The second-order valence-electron chi connectivity index (χ2n) is 5.55. The van der Waals surface area contributed by atoms with Gasteiger partial charge < -0.3 is 9.84 Å². The Morgan fingerprint density at radius 1 is 1.24 bits per heavy atom. The number of fused-ring (bicyclic) bond motifs is 5. The molecule has 1 aromatic rings. The van der Waals surface area contributed by atoms with E-state index in [-0.39, 0.29) is 18.4 Å². The van der Waals surface area contributed by atoms with E-state index < -0.39 is 23.5 Å². The summed E-state index contributed by atoms with van der Waals surface area (Å²) >= 11 is 3.33. The smallest absolute Gasteiger partial charge is 0.241 e. The average Bonchev–Trinajstić information content (AvgIpc) is 3.12. The first-order valence-corrected chi connectivity index (χ1v) is 7.48. The van der Waals surface area contributed by atoms with Gasteiger partial charge in [-0.25, -0.2) is 4.90 Å². The van der Waals surface area contributed by atoms with E-state index in [9.17, 15) is 14.7 Å². The molecule has 3 heterocycles. The molecular formula is C15H12BrNO4. The summed E-state index contributed by atoms with van der Waals surface area (Å²) in [4.78, 5) is 26.6. The average molecular weight is 350 g/mol. The van der Waals surface area contributed by atoms with Gasteiger partial charge in [-0.1, -0.05) is 28.1 Å². The lowest BCUT2D eigenvalue weighted by Gasteiger charge is -2.26. The molecule has 0 spiro atoms. The zero-order valence-corrected chi connectivity index (χ0v) is 12.5. The Balaban J connectivity index is 1.77. The maximum Gasteiger partial charge on any atom is 0.241 e. The topological polar surface area (TPSA) is 66.8 Å². The zero-order chi connectivity index (χ0) is 14.8. The Bertz CT molecular complexity index is 671. The summed E-state index contributed by atoms with van der Waals surface area (Å²) in [5.74, 6) is -1.71.